The highest BCUT2D eigenvalue weighted by molar-refractivity contribution is 8.02. The maximum absolute atomic E-state index is 11.9. The van der Waals surface area contributed by atoms with E-state index in [9.17, 15) is 38.4 Å². The summed E-state index contributed by atoms with van der Waals surface area (Å²) in [5.74, 6) is 2.26. The van der Waals surface area contributed by atoms with Crippen molar-refractivity contribution in [1.82, 2.24) is 0 Å². The van der Waals surface area contributed by atoms with Crippen LogP contribution >= 0.6 is 47.0 Å². The molecule has 0 heterocycles. The molecule has 0 amide bonds. The van der Waals surface area contributed by atoms with Crippen molar-refractivity contribution < 1.29 is 76.3 Å². The zero-order valence-corrected chi connectivity index (χ0v) is 41.3. The van der Waals surface area contributed by atoms with Crippen molar-refractivity contribution >= 4 is 94.8 Å². The minimum atomic E-state index is -0.770. The molecule has 0 aromatic heterocycles. The van der Waals surface area contributed by atoms with Crippen molar-refractivity contribution in [2.24, 2.45) is 0 Å². The molecule has 16 nitrogen and oxygen atoms in total. The molecule has 372 valence electrons. The fourth-order valence-corrected chi connectivity index (χ4v) is 7.28. The number of rotatable bonds is 42. The first-order valence-corrected chi connectivity index (χ1v) is 26.1. The first-order chi connectivity index (χ1) is 32.6. The van der Waals surface area contributed by atoms with E-state index in [1.54, 1.807) is 45.2 Å². The molecule has 0 spiro atoms. The molecule has 0 aliphatic heterocycles. The summed E-state index contributed by atoms with van der Waals surface area (Å²) in [5.41, 5.74) is 0. The summed E-state index contributed by atoms with van der Waals surface area (Å²) in [6, 6.07) is 0. The maximum Gasteiger partial charge on any atom is 0.384 e. The number of hydrogen-bond acceptors (Lipinski definition) is 20. The SMILES string of the molecule is C#CC(=O)OCCCOC(=O)/C=C/SCCCCCCCCCCS/C=C/C(=O)OCCCOC(=O)C=CSCCCOC(=O)CCC(=O)OCCCS/C=C/C(=O)OCCCOC(=O)C#C. The van der Waals surface area contributed by atoms with Gasteiger partial charge in [-0.25, -0.2) is 28.8 Å². The first-order valence-electron chi connectivity index (χ1n) is 21.9. The fourth-order valence-electron chi connectivity index (χ4n) is 4.60. The van der Waals surface area contributed by atoms with E-state index in [4.69, 9.17) is 46.0 Å². The summed E-state index contributed by atoms with van der Waals surface area (Å²) in [7, 11) is 0. The Labute approximate surface area is 411 Å². The van der Waals surface area contributed by atoms with Crippen LogP contribution in [0.1, 0.15) is 96.3 Å². The van der Waals surface area contributed by atoms with Gasteiger partial charge in [0.1, 0.15) is 0 Å². The normalized spacial score (nSPS) is 11.0. The second-order valence-electron chi connectivity index (χ2n) is 13.5. The molecule has 0 radical (unpaired) electrons. The molecule has 0 aliphatic carbocycles. The molecule has 0 rings (SSSR count). The third-order valence-corrected chi connectivity index (χ3v) is 11.3. The topological polar surface area (TPSA) is 210 Å². The highest BCUT2D eigenvalue weighted by Crippen LogP contribution is 2.14. The lowest BCUT2D eigenvalue weighted by Gasteiger charge is -2.05. The van der Waals surface area contributed by atoms with Crippen LogP contribution in [0.2, 0.25) is 0 Å². The van der Waals surface area contributed by atoms with E-state index < -0.39 is 47.8 Å². The van der Waals surface area contributed by atoms with Crippen molar-refractivity contribution in [3.8, 4) is 24.7 Å². The van der Waals surface area contributed by atoms with Crippen LogP contribution in [0.4, 0.5) is 0 Å². The summed E-state index contributed by atoms with van der Waals surface area (Å²) < 4.78 is 39.8. The van der Waals surface area contributed by atoms with Gasteiger partial charge in [-0.15, -0.1) is 59.9 Å². The monoisotopic (exact) mass is 1010 g/mol. The Hall–Kier alpha value is -4.76. The van der Waals surface area contributed by atoms with E-state index in [1.165, 1.54) is 73.5 Å². The van der Waals surface area contributed by atoms with E-state index >= 15 is 0 Å². The van der Waals surface area contributed by atoms with Gasteiger partial charge >= 0.3 is 47.8 Å². The van der Waals surface area contributed by atoms with Crippen molar-refractivity contribution in [2.75, 3.05) is 75.9 Å². The average molecular weight is 1010 g/mol. The van der Waals surface area contributed by atoms with Crippen LogP contribution < -0.4 is 0 Å². The standard InChI is InChI=1S/C47H64O16S4/c1-3-40(48)56-24-13-26-58-44(52)20-36-64-32-11-9-7-5-6-8-10-12-33-65-37-21-45(53)60-28-15-29-61-47(55)23-39-67-35-17-31-63-43(51)19-18-42(50)62-30-16-34-66-38-22-46(54)59-27-14-25-57-41(49)4-2/h1-2,20-23,36-39H,5-19,24-35H2/b36-20+,37-21+,38-22+,39-23?. The average Bonchev–Trinajstić information content (AvgIpc) is 3.31. The zero-order valence-electron chi connectivity index (χ0n) is 38.0. The number of carbonyl (C=O) groups is 8. The van der Waals surface area contributed by atoms with Gasteiger partial charge in [-0.2, -0.15) is 0 Å². The Morgan fingerprint density at radius 1 is 0.328 bits per heavy atom. The summed E-state index contributed by atoms with van der Waals surface area (Å²) in [6.07, 6.45) is 26.3. The van der Waals surface area contributed by atoms with Crippen LogP contribution in [-0.2, 0) is 76.3 Å². The van der Waals surface area contributed by atoms with Gasteiger partial charge in [0.05, 0.1) is 65.7 Å². The third kappa shape index (κ3) is 47.5. The minimum Gasteiger partial charge on any atom is -0.466 e. The van der Waals surface area contributed by atoms with Crippen molar-refractivity contribution in [3.05, 3.63) is 45.9 Å². The van der Waals surface area contributed by atoms with Crippen LogP contribution in [0.3, 0.4) is 0 Å². The van der Waals surface area contributed by atoms with Crippen molar-refractivity contribution in [1.29, 1.82) is 0 Å². The minimum absolute atomic E-state index is 0.0595. The van der Waals surface area contributed by atoms with E-state index in [0.29, 0.717) is 43.6 Å². The Kier molecular flexibility index (Phi) is 44.3. The molecular formula is C47H64O16S4. The fraction of sp³-hybridized carbons (Fsp3) is 0.574. The maximum atomic E-state index is 11.9. The predicted octanol–water partition coefficient (Wildman–Crippen LogP) is 7.44. The van der Waals surface area contributed by atoms with E-state index in [1.807, 2.05) is 11.8 Å². The number of unbranched alkanes of at least 4 members (excludes halogenated alkanes) is 7. The lowest BCUT2D eigenvalue weighted by Crippen LogP contribution is -2.12. The number of carbonyl (C=O) groups excluding carboxylic acids is 8. The Morgan fingerprint density at radius 3 is 0.881 bits per heavy atom. The summed E-state index contributed by atoms with van der Waals surface area (Å²) in [6.45, 7) is 0.991. The quantitative estimate of drug-likeness (QED) is 0.0145. The molecule has 0 fully saturated rings. The molecule has 0 atom stereocenters. The predicted molar refractivity (Wildman–Crippen MR) is 261 cm³/mol. The van der Waals surface area contributed by atoms with Crippen LogP contribution in [0.15, 0.2) is 45.9 Å². The van der Waals surface area contributed by atoms with E-state index in [0.717, 1.165) is 37.2 Å². The Balaban J connectivity index is 3.59. The number of hydrogen-bond donors (Lipinski definition) is 0. The molecule has 0 unspecified atom stereocenters. The number of terminal acetylenes is 2. The summed E-state index contributed by atoms with van der Waals surface area (Å²) in [5, 5.41) is 6.64. The number of ether oxygens (including phenoxy) is 8. The third-order valence-electron chi connectivity index (χ3n) is 7.89. The van der Waals surface area contributed by atoms with Gasteiger partial charge in [0.25, 0.3) is 0 Å². The van der Waals surface area contributed by atoms with E-state index in [2.05, 4.69) is 4.74 Å². The van der Waals surface area contributed by atoms with Crippen LogP contribution in [0.25, 0.3) is 0 Å². The van der Waals surface area contributed by atoms with Gasteiger partial charge in [-0.1, -0.05) is 38.5 Å². The highest BCUT2D eigenvalue weighted by atomic mass is 32.2. The molecule has 0 bridgehead atoms. The molecule has 0 saturated carbocycles. The second-order valence-corrected chi connectivity index (χ2v) is 17.5. The molecule has 67 heavy (non-hydrogen) atoms. The second kappa shape index (κ2) is 47.7. The summed E-state index contributed by atoms with van der Waals surface area (Å²) >= 11 is 5.84. The Bertz CT molecular complexity index is 1650. The van der Waals surface area contributed by atoms with Gasteiger partial charge in [-0.05, 0) is 58.8 Å². The highest BCUT2D eigenvalue weighted by Gasteiger charge is 2.09. The molecule has 0 aromatic rings. The first kappa shape index (κ1) is 62.2. The van der Waals surface area contributed by atoms with E-state index in [-0.39, 0.29) is 65.7 Å². The largest absolute Gasteiger partial charge is 0.466 e. The van der Waals surface area contributed by atoms with Crippen LogP contribution in [0.5, 0.6) is 0 Å². The van der Waals surface area contributed by atoms with Gasteiger partial charge in [-0.3, -0.25) is 9.59 Å². The molecular weight excluding hydrogens is 949 g/mol. The molecule has 0 aromatic carbocycles. The zero-order chi connectivity index (χ0) is 49.3. The summed E-state index contributed by atoms with van der Waals surface area (Å²) in [4.78, 5) is 92.4. The lowest BCUT2D eigenvalue weighted by molar-refractivity contribution is -0.150. The Morgan fingerprint density at radius 2 is 0.582 bits per heavy atom. The molecule has 20 heteroatoms. The van der Waals surface area contributed by atoms with Crippen molar-refractivity contribution in [3.63, 3.8) is 0 Å². The number of esters is 8. The van der Waals surface area contributed by atoms with Crippen LogP contribution in [-0.4, -0.2) is 124 Å². The van der Waals surface area contributed by atoms with Gasteiger partial charge < -0.3 is 37.9 Å². The van der Waals surface area contributed by atoms with Crippen molar-refractivity contribution in [2.45, 2.75) is 96.3 Å². The van der Waals surface area contributed by atoms with Gasteiger partial charge in [0, 0.05) is 66.9 Å². The molecule has 0 saturated heterocycles. The number of thioether (sulfide) groups is 4. The molecule has 0 aliphatic rings. The van der Waals surface area contributed by atoms with Gasteiger partial charge in [0.15, 0.2) is 0 Å². The van der Waals surface area contributed by atoms with Gasteiger partial charge in [0.2, 0.25) is 0 Å². The lowest BCUT2D eigenvalue weighted by atomic mass is 10.1. The molecule has 0 N–H and O–H groups in total. The smallest absolute Gasteiger partial charge is 0.384 e. The van der Waals surface area contributed by atoms with Crippen LogP contribution in [0, 0.1) is 24.7 Å².